The second-order valence-corrected chi connectivity index (χ2v) is 8.83. The molecule has 0 saturated carbocycles. The van der Waals surface area contributed by atoms with E-state index in [0.717, 1.165) is 0 Å². The maximum Gasteiger partial charge on any atom is 0.340 e. The van der Waals surface area contributed by atoms with Crippen LogP contribution in [0.25, 0.3) is 0 Å². The standard InChI is InChI=1S/C20H21ClN2O7S/c1-28-14-4-6-17(15(12-14)20(25)29-2)22-19(24)13-3-5-16(21)18(11-13)31(26,27)23-7-9-30-10-8-23/h3-6,11-12H,7-10H2,1-2H3,(H,22,24). The number of methoxy groups -OCH3 is 2. The highest BCUT2D eigenvalue weighted by Gasteiger charge is 2.29. The zero-order valence-electron chi connectivity index (χ0n) is 16.9. The number of carbonyl (C=O) groups excluding carboxylic acids is 2. The highest BCUT2D eigenvalue weighted by molar-refractivity contribution is 7.89. The molecule has 1 aliphatic heterocycles. The highest BCUT2D eigenvalue weighted by atomic mass is 35.5. The Morgan fingerprint density at radius 2 is 1.81 bits per heavy atom. The third-order valence-corrected chi connectivity index (χ3v) is 7.04. The molecular weight excluding hydrogens is 448 g/mol. The summed E-state index contributed by atoms with van der Waals surface area (Å²) in [7, 11) is -1.24. The van der Waals surface area contributed by atoms with Crippen molar-refractivity contribution in [3.63, 3.8) is 0 Å². The number of benzene rings is 2. The molecule has 1 amide bonds. The lowest BCUT2D eigenvalue weighted by Crippen LogP contribution is -2.40. The Labute approximate surface area is 184 Å². The molecule has 1 N–H and O–H groups in total. The van der Waals surface area contributed by atoms with E-state index in [9.17, 15) is 18.0 Å². The first kappa shape index (κ1) is 23.0. The average molecular weight is 469 g/mol. The van der Waals surface area contributed by atoms with Crippen LogP contribution in [-0.2, 0) is 19.5 Å². The van der Waals surface area contributed by atoms with Crippen LogP contribution in [0.3, 0.4) is 0 Å². The van der Waals surface area contributed by atoms with Crippen LogP contribution in [-0.4, -0.2) is 65.1 Å². The van der Waals surface area contributed by atoms with Crippen LogP contribution >= 0.6 is 11.6 Å². The van der Waals surface area contributed by atoms with Crippen molar-refractivity contribution < 1.29 is 32.2 Å². The van der Waals surface area contributed by atoms with Gasteiger partial charge in [-0.2, -0.15) is 4.31 Å². The lowest BCUT2D eigenvalue weighted by atomic mass is 10.1. The van der Waals surface area contributed by atoms with E-state index in [1.165, 1.54) is 48.9 Å². The molecule has 166 valence electrons. The Balaban J connectivity index is 1.92. The number of nitrogens with one attached hydrogen (secondary N) is 1. The van der Waals surface area contributed by atoms with E-state index in [-0.39, 0.29) is 53.0 Å². The zero-order chi connectivity index (χ0) is 22.6. The Kier molecular flexibility index (Phi) is 7.16. The van der Waals surface area contributed by atoms with Crippen LogP contribution in [0.5, 0.6) is 5.75 Å². The number of halogens is 1. The zero-order valence-corrected chi connectivity index (χ0v) is 18.5. The molecule has 0 radical (unpaired) electrons. The first-order chi connectivity index (χ1) is 14.8. The summed E-state index contributed by atoms with van der Waals surface area (Å²) in [5.41, 5.74) is 0.332. The van der Waals surface area contributed by atoms with Crippen molar-refractivity contribution >= 4 is 39.2 Å². The molecule has 1 saturated heterocycles. The third kappa shape index (κ3) is 4.99. The molecule has 0 atom stereocenters. The molecular formula is C20H21ClN2O7S. The number of anilines is 1. The van der Waals surface area contributed by atoms with Gasteiger partial charge in [0.05, 0.1) is 43.7 Å². The summed E-state index contributed by atoms with van der Waals surface area (Å²) >= 11 is 6.14. The molecule has 9 nitrogen and oxygen atoms in total. The largest absolute Gasteiger partial charge is 0.497 e. The summed E-state index contributed by atoms with van der Waals surface area (Å²) in [6.45, 7) is 0.961. The molecule has 31 heavy (non-hydrogen) atoms. The van der Waals surface area contributed by atoms with Gasteiger partial charge in [-0.1, -0.05) is 11.6 Å². The molecule has 0 spiro atoms. The predicted octanol–water partition coefficient (Wildman–Crippen LogP) is 2.41. The van der Waals surface area contributed by atoms with Gasteiger partial charge in [-0.25, -0.2) is 13.2 Å². The summed E-state index contributed by atoms with van der Waals surface area (Å²) < 4.78 is 42.3. The van der Waals surface area contributed by atoms with Crippen molar-refractivity contribution in [2.45, 2.75) is 4.90 Å². The molecule has 0 unspecified atom stereocenters. The van der Waals surface area contributed by atoms with Gasteiger partial charge >= 0.3 is 5.97 Å². The van der Waals surface area contributed by atoms with Crippen molar-refractivity contribution in [3.8, 4) is 5.75 Å². The smallest absolute Gasteiger partial charge is 0.340 e. The fourth-order valence-electron chi connectivity index (χ4n) is 3.00. The Hall–Kier alpha value is -2.66. The number of hydrogen-bond acceptors (Lipinski definition) is 7. The van der Waals surface area contributed by atoms with Gasteiger partial charge in [0.2, 0.25) is 10.0 Å². The molecule has 1 heterocycles. The number of hydrogen-bond donors (Lipinski definition) is 1. The summed E-state index contributed by atoms with van der Waals surface area (Å²) in [6, 6.07) is 8.44. The van der Waals surface area contributed by atoms with Crippen molar-refractivity contribution in [2.75, 3.05) is 45.8 Å². The summed E-state index contributed by atoms with van der Waals surface area (Å²) in [5, 5.41) is 2.61. The van der Waals surface area contributed by atoms with Crippen molar-refractivity contribution in [1.29, 1.82) is 0 Å². The number of amides is 1. The Morgan fingerprint density at radius 1 is 1.10 bits per heavy atom. The van der Waals surface area contributed by atoms with Gasteiger partial charge in [-0.3, -0.25) is 4.79 Å². The number of ether oxygens (including phenoxy) is 3. The molecule has 11 heteroatoms. The lowest BCUT2D eigenvalue weighted by Gasteiger charge is -2.26. The molecule has 2 aromatic carbocycles. The van der Waals surface area contributed by atoms with Gasteiger partial charge in [0.25, 0.3) is 5.91 Å². The van der Waals surface area contributed by atoms with Crippen molar-refractivity contribution in [3.05, 3.63) is 52.5 Å². The first-order valence-electron chi connectivity index (χ1n) is 9.23. The fraction of sp³-hybridized carbons (Fsp3) is 0.300. The van der Waals surface area contributed by atoms with Crippen molar-refractivity contribution in [1.82, 2.24) is 4.31 Å². The molecule has 0 bridgehead atoms. The minimum absolute atomic E-state index is 0.00254. The normalized spacial score (nSPS) is 14.7. The number of nitrogens with zero attached hydrogens (tertiary/aromatic N) is 1. The third-order valence-electron chi connectivity index (χ3n) is 4.66. The van der Waals surface area contributed by atoms with Crippen LogP contribution in [0, 0.1) is 0 Å². The van der Waals surface area contributed by atoms with E-state index in [0.29, 0.717) is 5.75 Å². The minimum atomic E-state index is -3.91. The summed E-state index contributed by atoms with van der Waals surface area (Å²) in [4.78, 5) is 24.7. The number of morpholine rings is 1. The topological polar surface area (TPSA) is 111 Å². The van der Waals surface area contributed by atoms with Crippen LogP contribution in [0.4, 0.5) is 5.69 Å². The van der Waals surface area contributed by atoms with E-state index in [1.807, 2.05) is 0 Å². The summed E-state index contributed by atoms with van der Waals surface area (Å²) in [5.74, 6) is -0.880. The highest BCUT2D eigenvalue weighted by Crippen LogP contribution is 2.28. The van der Waals surface area contributed by atoms with Gasteiger partial charge in [0.15, 0.2) is 0 Å². The van der Waals surface area contributed by atoms with Gasteiger partial charge in [0, 0.05) is 18.7 Å². The quantitative estimate of drug-likeness (QED) is 0.648. The van der Waals surface area contributed by atoms with Crippen LogP contribution in [0.2, 0.25) is 5.02 Å². The number of carbonyl (C=O) groups is 2. The van der Waals surface area contributed by atoms with Crippen LogP contribution in [0.15, 0.2) is 41.3 Å². The van der Waals surface area contributed by atoms with Crippen LogP contribution in [0.1, 0.15) is 20.7 Å². The molecule has 0 aromatic heterocycles. The van der Waals surface area contributed by atoms with Crippen molar-refractivity contribution in [2.24, 2.45) is 0 Å². The molecule has 1 fully saturated rings. The van der Waals surface area contributed by atoms with Gasteiger partial charge in [-0.15, -0.1) is 0 Å². The number of esters is 1. The number of sulfonamides is 1. The second kappa shape index (κ2) is 9.65. The SMILES string of the molecule is COC(=O)c1cc(OC)ccc1NC(=O)c1ccc(Cl)c(S(=O)(=O)N2CCOCC2)c1. The molecule has 0 aliphatic carbocycles. The number of rotatable bonds is 6. The van der Waals surface area contributed by atoms with Gasteiger partial charge < -0.3 is 19.5 Å². The summed E-state index contributed by atoms with van der Waals surface area (Å²) in [6.07, 6.45) is 0. The molecule has 3 rings (SSSR count). The van der Waals surface area contributed by atoms with Crippen LogP contribution < -0.4 is 10.1 Å². The second-order valence-electron chi connectivity index (χ2n) is 6.52. The Morgan fingerprint density at radius 3 is 2.45 bits per heavy atom. The maximum absolute atomic E-state index is 13.0. The first-order valence-corrected chi connectivity index (χ1v) is 11.0. The minimum Gasteiger partial charge on any atom is -0.497 e. The lowest BCUT2D eigenvalue weighted by molar-refractivity contribution is 0.0601. The van der Waals surface area contributed by atoms with E-state index >= 15 is 0 Å². The monoisotopic (exact) mass is 468 g/mol. The predicted molar refractivity (Wildman–Crippen MR) is 113 cm³/mol. The van der Waals surface area contributed by atoms with E-state index in [2.05, 4.69) is 5.32 Å². The van der Waals surface area contributed by atoms with E-state index in [4.69, 9.17) is 25.8 Å². The Bertz CT molecular complexity index is 1100. The van der Waals surface area contributed by atoms with Gasteiger partial charge in [-0.05, 0) is 36.4 Å². The molecule has 2 aromatic rings. The fourth-order valence-corrected chi connectivity index (χ4v) is 4.91. The average Bonchev–Trinajstić information content (AvgIpc) is 2.79. The van der Waals surface area contributed by atoms with Gasteiger partial charge in [0.1, 0.15) is 10.6 Å². The molecule has 1 aliphatic rings. The maximum atomic E-state index is 13.0. The van der Waals surface area contributed by atoms with E-state index < -0.39 is 21.9 Å². The van der Waals surface area contributed by atoms with E-state index in [1.54, 1.807) is 6.07 Å².